The molecule has 0 spiro atoms. The number of hydrogen-bond donors (Lipinski definition) is 0. The summed E-state index contributed by atoms with van der Waals surface area (Å²) in [5.74, 6) is 0. The summed E-state index contributed by atoms with van der Waals surface area (Å²) in [5.41, 5.74) is 0. The highest BCUT2D eigenvalue weighted by Gasteiger charge is 2.47. The highest BCUT2D eigenvalue weighted by Crippen LogP contribution is 2.53. The smallest absolute Gasteiger partial charge is 0.0507 e. The van der Waals surface area contributed by atoms with Gasteiger partial charge < -0.3 is 4.90 Å². The Morgan fingerprint density at radius 3 is 1.58 bits per heavy atom. The van der Waals surface area contributed by atoms with Gasteiger partial charge in [-0.2, -0.15) is 0 Å². The monoisotopic (exact) mass is 183 g/mol. The molecule has 0 unspecified atom stereocenters. The molecule has 0 aliphatic carbocycles. The highest BCUT2D eigenvalue weighted by atomic mass is 28.3. The minimum absolute atomic E-state index is 0.821. The van der Waals surface area contributed by atoms with E-state index in [0.717, 1.165) is 5.04 Å². The first-order chi connectivity index (χ1) is 5.54. The molecular weight excluding hydrogens is 162 g/mol. The van der Waals surface area contributed by atoms with Crippen molar-refractivity contribution in [2.45, 2.75) is 43.9 Å². The first-order valence-corrected chi connectivity index (χ1v) is 8.76. The van der Waals surface area contributed by atoms with E-state index in [1.54, 1.807) is 0 Å². The van der Waals surface area contributed by atoms with Crippen LogP contribution in [0.25, 0.3) is 0 Å². The predicted molar refractivity (Wildman–Crippen MR) is 56.3 cm³/mol. The van der Waals surface area contributed by atoms with E-state index in [1.807, 2.05) is 0 Å². The molecule has 0 atom stereocenters. The van der Waals surface area contributed by atoms with E-state index in [-0.39, 0.29) is 0 Å². The van der Waals surface area contributed by atoms with Gasteiger partial charge in [0, 0.05) is 0 Å². The number of nitrogens with zero attached hydrogens (tertiary/aromatic N) is 1. The molecule has 2 bridgehead atoms. The Balaban J connectivity index is 2.19. The van der Waals surface area contributed by atoms with Gasteiger partial charge in [-0.1, -0.05) is 19.6 Å². The fourth-order valence-electron chi connectivity index (χ4n) is 2.95. The second kappa shape index (κ2) is 2.58. The van der Waals surface area contributed by atoms with Crippen LogP contribution < -0.4 is 0 Å². The van der Waals surface area contributed by atoms with E-state index in [1.165, 1.54) is 38.9 Å². The van der Waals surface area contributed by atoms with Crippen LogP contribution in [0.1, 0.15) is 19.3 Å². The molecular formula is C10H21NSi. The summed E-state index contributed by atoms with van der Waals surface area (Å²) in [4.78, 5) is 2.64. The lowest BCUT2D eigenvalue weighted by Crippen LogP contribution is -2.53. The first kappa shape index (κ1) is 8.76. The van der Waals surface area contributed by atoms with Crippen molar-refractivity contribution in [2.75, 3.05) is 19.6 Å². The maximum atomic E-state index is 2.64. The van der Waals surface area contributed by atoms with Crippen molar-refractivity contribution in [3.63, 3.8) is 0 Å². The summed E-state index contributed by atoms with van der Waals surface area (Å²) in [6.07, 6.45) is 4.51. The van der Waals surface area contributed by atoms with Gasteiger partial charge in [0.15, 0.2) is 0 Å². The SMILES string of the molecule is C[Si](C)(C)C12CCN(CC1)CC2. The molecule has 3 saturated heterocycles. The quantitative estimate of drug-likeness (QED) is 0.565. The Kier molecular flexibility index (Phi) is 1.88. The second-order valence-electron chi connectivity index (χ2n) is 5.62. The fourth-order valence-corrected chi connectivity index (χ4v) is 5.54. The van der Waals surface area contributed by atoms with Crippen molar-refractivity contribution >= 4 is 8.07 Å². The van der Waals surface area contributed by atoms with Crippen molar-refractivity contribution in [1.82, 2.24) is 4.90 Å². The number of rotatable bonds is 1. The van der Waals surface area contributed by atoms with Gasteiger partial charge in [0.2, 0.25) is 0 Å². The van der Waals surface area contributed by atoms with E-state index < -0.39 is 8.07 Å². The van der Waals surface area contributed by atoms with Crippen molar-refractivity contribution in [3.8, 4) is 0 Å². The van der Waals surface area contributed by atoms with Gasteiger partial charge >= 0.3 is 0 Å². The normalized spacial score (nSPS) is 41.8. The average molecular weight is 183 g/mol. The van der Waals surface area contributed by atoms with Crippen LogP contribution in [-0.2, 0) is 0 Å². The van der Waals surface area contributed by atoms with Crippen LogP contribution in [0.3, 0.4) is 0 Å². The Labute approximate surface area is 77.2 Å². The highest BCUT2D eigenvalue weighted by molar-refractivity contribution is 6.79. The standard InChI is InChI=1S/C10H21NSi/c1-12(2,3)10-4-7-11(8-5-10)9-6-10/h4-9H2,1-3H3. The van der Waals surface area contributed by atoms with Crippen LogP contribution in [-0.4, -0.2) is 32.6 Å². The predicted octanol–water partition coefficient (Wildman–Crippen LogP) is 2.56. The van der Waals surface area contributed by atoms with E-state index in [9.17, 15) is 0 Å². The van der Waals surface area contributed by atoms with Crippen LogP contribution in [0.5, 0.6) is 0 Å². The van der Waals surface area contributed by atoms with Gasteiger partial charge in [0.05, 0.1) is 8.07 Å². The largest absolute Gasteiger partial charge is 0.303 e. The molecule has 3 fully saturated rings. The number of hydrogen-bond acceptors (Lipinski definition) is 1. The van der Waals surface area contributed by atoms with Crippen LogP contribution in [0.15, 0.2) is 0 Å². The Morgan fingerprint density at radius 1 is 0.917 bits per heavy atom. The summed E-state index contributed by atoms with van der Waals surface area (Å²) in [6, 6.07) is 0. The molecule has 0 aromatic carbocycles. The molecule has 0 aromatic rings. The maximum absolute atomic E-state index is 2.64. The fraction of sp³-hybridized carbons (Fsp3) is 1.00. The zero-order valence-corrected chi connectivity index (χ0v) is 9.69. The lowest BCUT2D eigenvalue weighted by molar-refractivity contribution is 0.116. The molecule has 0 aromatic heterocycles. The summed E-state index contributed by atoms with van der Waals surface area (Å²) in [7, 11) is -0.895. The molecule has 2 heteroatoms. The van der Waals surface area contributed by atoms with Crippen LogP contribution in [0.4, 0.5) is 0 Å². The summed E-state index contributed by atoms with van der Waals surface area (Å²) >= 11 is 0. The van der Waals surface area contributed by atoms with Gasteiger partial charge in [0.25, 0.3) is 0 Å². The number of fused-ring (bicyclic) bond motifs is 3. The summed E-state index contributed by atoms with van der Waals surface area (Å²) in [5, 5.41) is 0.821. The van der Waals surface area contributed by atoms with Gasteiger partial charge in [-0.05, 0) is 43.9 Å². The zero-order valence-electron chi connectivity index (χ0n) is 8.69. The van der Waals surface area contributed by atoms with Crippen molar-refractivity contribution in [1.29, 1.82) is 0 Å². The third-order valence-corrected chi connectivity index (χ3v) is 8.24. The molecule has 3 rings (SSSR count). The molecule has 3 aliphatic heterocycles. The molecule has 0 saturated carbocycles. The van der Waals surface area contributed by atoms with Crippen molar-refractivity contribution in [3.05, 3.63) is 0 Å². The Bertz CT molecular complexity index is 161. The molecule has 3 heterocycles. The number of piperidine rings is 3. The molecule has 3 aliphatic rings. The third-order valence-electron chi connectivity index (χ3n) is 4.31. The van der Waals surface area contributed by atoms with Crippen LogP contribution in [0, 0.1) is 0 Å². The Morgan fingerprint density at radius 2 is 1.33 bits per heavy atom. The van der Waals surface area contributed by atoms with Crippen LogP contribution >= 0.6 is 0 Å². The maximum Gasteiger partial charge on any atom is 0.0507 e. The molecule has 0 amide bonds. The van der Waals surface area contributed by atoms with Crippen molar-refractivity contribution in [2.24, 2.45) is 0 Å². The van der Waals surface area contributed by atoms with Gasteiger partial charge in [-0.25, -0.2) is 0 Å². The summed E-state index contributed by atoms with van der Waals surface area (Å²) in [6.45, 7) is 11.9. The Hall–Kier alpha value is 0.177. The average Bonchev–Trinajstić information content (AvgIpc) is 2.06. The van der Waals surface area contributed by atoms with E-state index >= 15 is 0 Å². The lowest BCUT2D eigenvalue weighted by atomic mass is 9.87. The van der Waals surface area contributed by atoms with E-state index in [0.29, 0.717) is 0 Å². The minimum atomic E-state index is -0.895. The topological polar surface area (TPSA) is 3.24 Å². The molecule has 0 radical (unpaired) electrons. The van der Waals surface area contributed by atoms with Gasteiger partial charge in [-0.15, -0.1) is 0 Å². The first-order valence-electron chi connectivity index (χ1n) is 5.26. The minimum Gasteiger partial charge on any atom is -0.303 e. The van der Waals surface area contributed by atoms with Gasteiger partial charge in [0.1, 0.15) is 0 Å². The molecule has 1 nitrogen and oxygen atoms in total. The zero-order chi connectivity index (χ0) is 8.82. The van der Waals surface area contributed by atoms with Gasteiger partial charge in [-0.3, -0.25) is 0 Å². The van der Waals surface area contributed by atoms with E-state index in [4.69, 9.17) is 0 Å². The third kappa shape index (κ3) is 1.16. The molecule has 70 valence electrons. The lowest BCUT2D eigenvalue weighted by Gasteiger charge is -2.54. The second-order valence-corrected chi connectivity index (χ2v) is 11.2. The summed E-state index contributed by atoms with van der Waals surface area (Å²) < 4.78 is 0. The van der Waals surface area contributed by atoms with E-state index in [2.05, 4.69) is 24.5 Å². The molecule has 0 N–H and O–H groups in total. The van der Waals surface area contributed by atoms with Crippen molar-refractivity contribution < 1.29 is 0 Å². The molecule has 12 heavy (non-hydrogen) atoms. The van der Waals surface area contributed by atoms with Crippen LogP contribution in [0.2, 0.25) is 24.7 Å².